The summed E-state index contributed by atoms with van der Waals surface area (Å²) in [4.78, 5) is 26.0. The highest BCUT2D eigenvalue weighted by Gasteiger charge is 2.23. The van der Waals surface area contributed by atoms with Gasteiger partial charge in [-0.05, 0) is 42.7 Å². The molecule has 0 radical (unpaired) electrons. The molecule has 0 spiro atoms. The number of hydrogen-bond acceptors (Lipinski definition) is 4. The van der Waals surface area contributed by atoms with E-state index in [1.807, 2.05) is 25.1 Å². The summed E-state index contributed by atoms with van der Waals surface area (Å²) in [5, 5.41) is 4.14. The van der Waals surface area contributed by atoms with Gasteiger partial charge in [0.1, 0.15) is 11.4 Å². The number of hydrogen-bond donors (Lipinski definition) is 0. The zero-order valence-electron chi connectivity index (χ0n) is 13.3. The van der Waals surface area contributed by atoms with Crippen LogP contribution in [0.15, 0.2) is 35.1 Å². The summed E-state index contributed by atoms with van der Waals surface area (Å²) >= 11 is 0. The number of ether oxygens (including phenoxy) is 1. The fourth-order valence-electron chi connectivity index (χ4n) is 2.78. The highest BCUT2D eigenvalue weighted by Crippen LogP contribution is 2.24. The van der Waals surface area contributed by atoms with Crippen molar-refractivity contribution in [2.75, 3.05) is 13.7 Å². The van der Waals surface area contributed by atoms with Crippen molar-refractivity contribution in [1.29, 1.82) is 0 Å². The Bertz CT molecular complexity index is 798. The average Bonchev–Trinajstić information content (AvgIpc) is 2.60. The van der Waals surface area contributed by atoms with Crippen molar-refractivity contribution in [3.05, 3.63) is 57.5 Å². The molecule has 0 saturated carbocycles. The lowest BCUT2D eigenvalue weighted by atomic mass is 9.99. The van der Waals surface area contributed by atoms with E-state index < -0.39 is 0 Å². The Labute approximate surface area is 134 Å². The largest absolute Gasteiger partial charge is 0.497 e. The normalized spacial score (nSPS) is 13.6. The molecule has 0 unspecified atom stereocenters. The van der Waals surface area contributed by atoms with Crippen LogP contribution in [0, 0.1) is 0 Å². The monoisotopic (exact) mass is 313 g/mol. The van der Waals surface area contributed by atoms with Crippen molar-refractivity contribution >= 4 is 5.91 Å². The van der Waals surface area contributed by atoms with Crippen LogP contribution in [0.4, 0.5) is 0 Å². The Hall–Kier alpha value is -2.63. The molecule has 120 valence electrons. The van der Waals surface area contributed by atoms with E-state index in [2.05, 4.69) is 5.10 Å². The number of benzene rings is 1. The average molecular weight is 313 g/mol. The van der Waals surface area contributed by atoms with Gasteiger partial charge in [-0.2, -0.15) is 5.10 Å². The van der Waals surface area contributed by atoms with Crippen LogP contribution in [0.5, 0.6) is 5.75 Å². The summed E-state index contributed by atoms with van der Waals surface area (Å²) in [6.07, 6.45) is 0.783. The van der Waals surface area contributed by atoms with E-state index in [1.54, 1.807) is 12.0 Å². The Morgan fingerprint density at radius 1 is 1.26 bits per heavy atom. The zero-order valence-corrected chi connectivity index (χ0v) is 13.3. The van der Waals surface area contributed by atoms with E-state index in [9.17, 15) is 9.59 Å². The quantitative estimate of drug-likeness (QED) is 0.861. The van der Waals surface area contributed by atoms with E-state index in [4.69, 9.17) is 4.74 Å². The second kappa shape index (κ2) is 6.24. The van der Waals surface area contributed by atoms with Crippen LogP contribution in [0.3, 0.4) is 0 Å². The van der Waals surface area contributed by atoms with Gasteiger partial charge in [-0.25, -0.2) is 4.68 Å². The van der Waals surface area contributed by atoms with Crippen LogP contribution in [-0.2, 0) is 19.5 Å². The van der Waals surface area contributed by atoms with Crippen molar-refractivity contribution in [3.8, 4) is 5.75 Å². The summed E-state index contributed by atoms with van der Waals surface area (Å²) in [6.45, 7) is 3.45. The molecule has 0 aliphatic carbocycles. The molecule has 0 fully saturated rings. The first-order valence-electron chi connectivity index (χ1n) is 7.65. The van der Waals surface area contributed by atoms with Crippen LogP contribution in [0.1, 0.15) is 28.5 Å². The predicted molar refractivity (Wildman–Crippen MR) is 85.6 cm³/mol. The summed E-state index contributed by atoms with van der Waals surface area (Å²) in [6, 6.07) is 8.82. The highest BCUT2D eigenvalue weighted by atomic mass is 16.5. The third-order valence-electron chi connectivity index (χ3n) is 4.10. The molecular formula is C17H19N3O3. The number of aromatic nitrogens is 2. The maximum atomic E-state index is 12.6. The molecule has 6 heteroatoms. The smallest absolute Gasteiger partial charge is 0.274 e. The Morgan fingerprint density at radius 2 is 2.09 bits per heavy atom. The number of aryl methyl sites for hydroxylation is 1. The fourth-order valence-corrected chi connectivity index (χ4v) is 2.78. The highest BCUT2D eigenvalue weighted by molar-refractivity contribution is 5.92. The first-order valence-corrected chi connectivity index (χ1v) is 7.65. The standard InChI is InChI=1S/C17H19N3O3/c1-3-20-16(21)7-6-15(18-20)17(22)19-9-8-12-10-14(23-2)5-4-13(12)11-19/h4-7,10H,3,8-9,11H2,1-2H3. The van der Waals surface area contributed by atoms with E-state index in [-0.39, 0.29) is 11.5 Å². The third-order valence-corrected chi connectivity index (χ3v) is 4.10. The van der Waals surface area contributed by atoms with Crippen LogP contribution >= 0.6 is 0 Å². The molecule has 2 aromatic rings. The Kier molecular flexibility index (Phi) is 4.14. The molecule has 1 aromatic carbocycles. The van der Waals surface area contributed by atoms with Gasteiger partial charge in [0, 0.05) is 25.7 Å². The van der Waals surface area contributed by atoms with Crippen molar-refractivity contribution in [2.45, 2.75) is 26.4 Å². The van der Waals surface area contributed by atoms with Gasteiger partial charge in [0.25, 0.3) is 11.5 Å². The number of rotatable bonds is 3. The molecule has 2 heterocycles. The number of nitrogens with zero attached hydrogens (tertiary/aromatic N) is 3. The number of carbonyl (C=O) groups excluding carboxylic acids is 1. The third kappa shape index (κ3) is 2.97. The first-order chi connectivity index (χ1) is 11.1. The predicted octanol–water partition coefficient (Wildman–Crippen LogP) is 1.47. The molecule has 0 N–H and O–H groups in total. The molecule has 0 atom stereocenters. The lowest BCUT2D eigenvalue weighted by molar-refractivity contribution is 0.0726. The Balaban J connectivity index is 1.83. The molecule has 23 heavy (non-hydrogen) atoms. The Morgan fingerprint density at radius 3 is 2.83 bits per heavy atom. The minimum Gasteiger partial charge on any atom is -0.497 e. The van der Waals surface area contributed by atoms with Crippen LogP contribution in [0.25, 0.3) is 0 Å². The van der Waals surface area contributed by atoms with Crippen molar-refractivity contribution in [2.24, 2.45) is 0 Å². The summed E-state index contributed by atoms with van der Waals surface area (Å²) in [5.74, 6) is 0.689. The van der Waals surface area contributed by atoms with Crippen molar-refractivity contribution in [3.63, 3.8) is 0 Å². The van der Waals surface area contributed by atoms with E-state index in [0.717, 1.165) is 17.7 Å². The maximum Gasteiger partial charge on any atom is 0.274 e. The second-order valence-corrected chi connectivity index (χ2v) is 5.48. The van der Waals surface area contributed by atoms with Gasteiger partial charge in [-0.1, -0.05) is 6.07 Å². The SMILES string of the molecule is CCn1nc(C(=O)N2CCc3cc(OC)ccc3C2)ccc1=O. The van der Waals surface area contributed by atoms with Crippen LogP contribution in [0.2, 0.25) is 0 Å². The topological polar surface area (TPSA) is 64.4 Å². The van der Waals surface area contributed by atoms with E-state index in [0.29, 0.717) is 25.3 Å². The second-order valence-electron chi connectivity index (χ2n) is 5.48. The molecule has 6 nitrogen and oxygen atoms in total. The van der Waals surface area contributed by atoms with Gasteiger partial charge >= 0.3 is 0 Å². The molecule has 1 amide bonds. The molecule has 1 aliphatic heterocycles. The number of fused-ring (bicyclic) bond motifs is 1. The fraction of sp³-hybridized carbons (Fsp3) is 0.353. The zero-order chi connectivity index (χ0) is 16.4. The lowest BCUT2D eigenvalue weighted by Gasteiger charge is -2.29. The first kappa shape index (κ1) is 15.3. The van der Waals surface area contributed by atoms with Gasteiger partial charge < -0.3 is 9.64 Å². The summed E-state index contributed by atoms with van der Waals surface area (Å²) in [7, 11) is 1.65. The molecule has 1 aromatic heterocycles. The summed E-state index contributed by atoms with van der Waals surface area (Å²) in [5.41, 5.74) is 2.44. The lowest BCUT2D eigenvalue weighted by Crippen LogP contribution is -2.37. The van der Waals surface area contributed by atoms with Crippen LogP contribution < -0.4 is 10.3 Å². The number of carbonyl (C=O) groups is 1. The van der Waals surface area contributed by atoms with Gasteiger partial charge in [0.15, 0.2) is 0 Å². The minimum atomic E-state index is -0.194. The van der Waals surface area contributed by atoms with Gasteiger partial charge in [0.05, 0.1) is 7.11 Å². The molecule has 0 saturated heterocycles. The number of amides is 1. The van der Waals surface area contributed by atoms with Crippen LogP contribution in [-0.4, -0.2) is 34.2 Å². The van der Waals surface area contributed by atoms with Gasteiger partial charge in [-0.15, -0.1) is 0 Å². The van der Waals surface area contributed by atoms with E-state index >= 15 is 0 Å². The minimum absolute atomic E-state index is 0.145. The number of methoxy groups -OCH3 is 1. The van der Waals surface area contributed by atoms with Crippen molar-refractivity contribution in [1.82, 2.24) is 14.7 Å². The summed E-state index contributed by atoms with van der Waals surface area (Å²) < 4.78 is 6.54. The maximum absolute atomic E-state index is 12.6. The van der Waals surface area contributed by atoms with E-state index in [1.165, 1.54) is 22.4 Å². The molecule has 1 aliphatic rings. The van der Waals surface area contributed by atoms with Crippen molar-refractivity contribution < 1.29 is 9.53 Å². The molecule has 3 rings (SSSR count). The molecular weight excluding hydrogens is 294 g/mol. The van der Waals surface area contributed by atoms with Gasteiger partial charge in [-0.3, -0.25) is 9.59 Å². The molecule has 0 bridgehead atoms. The van der Waals surface area contributed by atoms with Gasteiger partial charge in [0.2, 0.25) is 0 Å².